The maximum absolute atomic E-state index is 10.2. The van der Waals surface area contributed by atoms with Crippen LogP contribution in [0.1, 0.15) is 6.92 Å². The molecule has 0 aromatic heterocycles. The van der Waals surface area contributed by atoms with Gasteiger partial charge in [0.05, 0.1) is 0 Å². The van der Waals surface area contributed by atoms with Crippen molar-refractivity contribution in [3.8, 4) is 0 Å². The number of hydrogen-bond acceptors (Lipinski definition) is 2. The van der Waals surface area contributed by atoms with Crippen LogP contribution >= 0.6 is 0 Å². The van der Waals surface area contributed by atoms with E-state index >= 15 is 0 Å². The maximum atomic E-state index is 10.2. The molecule has 0 amide bonds. The fourth-order valence-corrected chi connectivity index (χ4v) is 0.359. The van der Waals surface area contributed by atoms with E-state index in [1.807, 2.05) is 0 Å². The Labute approximate surface area is 54.4 Å². The van der Waals surface area contributed by atoms with Gasteiger partial charge in [0, 0.05) is 0 Å². The predicted molar refractivity (Wildman–Crippen MR) is 20.9 cm³/mol. The minimum absolute atomic E-state index is 0.347. The third-order valence-corrected chi connectivity index (χ3v) is 0.731. The molecule has 2 nitrogen and oxygen atoms in total. The molecule has 37 valence electrons. The molecule has 0 bridgehead atoms. The monoisotopic (exact) mass is 133 g/mol. The van der Waals surface area contributed by atoms with Crippen molar-refractivity contribution in [2.45, 2.75) is 6.92 Å². The molecular formula is C4H5O2Ti. The van der Waals surface area contributed by atoms with Crippen LogP contribution in [-0.4, -0.2) is 5.97 Å². The van der Waals surface area contributed by atoms with E-state index in [-0.39, 0.29) is 5.97 Å². The summed E-state index contributed by atoms with van der Waals surface area (Å²) in [6, 6.07) is 0. The summed E-state index contributed by atoms with van der Waals surface area (Å²) < 4.78 is 4.27. The third-order valence-electron chi connectivity index (χ3n) is 0.441. The fraction of sp³-hybridized carbons (Fsp3) is 0.250. The normalized spacial score (nSPS) is 7.43. The minimum atomic E-state index is -0.347. The van der Waals surface area contributed by atoms with Crippen LogP contribution in [0.4, 0.5) is 0 Å². The Bertz CT molecular complexity index is 97.9. The van der Waals surface area contributed by atoms with E-state index in [0.29, 0.717) is 5.57 Å². The molecule has 0 radical (unpaired) electrons. The third kappa shape index (κ3) is 2.60. The van der Waals surface area contributed by atoms with Gasteiger partial charge in [-0.2, -0.15) is 0 Å². The van der Waals surface area contributed by atoms with Crippen LogP contribution in [0.5, 0.6) is 0 Å². The summed E-state index contributed by atoms with van der Waals surface area (Å²) in [6.07, 6.45) is 0. The average molecular weight is 133 g/mol. The second-order valence-corrected chi connectivity index (χ2v) is 1.49. The van der Waals surface area contributed by atoms with E-state index in [4.69, 9.17) is 0 Å². The molecule has 0 aromatic carbocycles. The summed E-state index contributed by atoms with van der Waals surface area (Å²) in [7, 11) is 0. The fourth-order valence-electron chi connectivity index (χ4n) is 0.0871. The molecule has 0 aliphatic carbocycles. The van der Waals surface area contributed by atoms with Gasteiger partial charge in [-0.25, -0.2) is 0 Å². The first-order valence-corrected chi connectivity index (χ1v) is 2.35. The SMILES string of the molecule is C=C(C)C(=O)[O][Ti]. The molecule has 0 saturated carbocycles. The molecule has 0 atom stereocenters. The first kappa shape index (κ1) is 6.92. The van der Waals surface area contributed by atoms with Gasteiger partial charge in [-0.05, 0) is 0 Å². The molecular weight excluding hydrogens is 128 g/mol. The van der Waals surface area contributed by atoms with Crippen molar-refractivity contribution in [3.63, 3.8) is 0 Å². The van der Waals surface area contributed by atoms with E-state index in [1.54, 1.807) is 6.92 Å². The molecule has 0 aliphatic heterocycles. The van der Waals surface area contributed by atoms with Crippen LogP contribution in [0.25, 0.3) is 0 Å². The molecule has 0 fully saturated rings. The van der Waals surface area contributed by atoms with Crippen LogP contribution in [-0.2, 0) is 28.9 Å². The Hall–Kier alpha value is -0.0757. The van der Waals surface area contributed by atoms with Crippen molar-refractivity contribution in [3.05, 3.63) is 12.2 Å². The molecule has 0 heterocycles. The van der Waals surface area contributed by atoms with Crippen molar-refractivity contribution in [2.24, 2.45) is 0 Å². The molecule has 0 spiro atoms. The Balaban J connectivity index is 3.58. The summed E-state index contributed by atoms with van der Waals surface area (Å²) in [4.78, 5) is 10.2. The van der Waals surface area contributed by atoms with E-state index in [9.17, 15) is 4.79 Å². The summed E-state index contributed by atoms with van der Waals surface area (Å²) in [5.74, 6) is -0.347. The summed E-state index contributed by atoms with van der Waals surface area (Å²) in [6.45, 7) is 4.95. The van der Waals surface area contributed by atoms with Gasteiger partial charge in [0.15, 0.2) is 0 Å². The Morgan fingerprint density at radius 1 is 1.86 bits per heavy atom. The van der Waals surface area contributed by atoms with Gasteiger partial charge >= 0.3 is 54.0 Å². The quantitative estimate of drug-likeness (QED) is 0.386. The van der Waals surface area contributed by atoms with Crippen molar-refractivity contribution in [1.29, 1.82) is 0 Å². The molecule has 3 heteroatoms. The van der Waals surface area contributed by atoms with Gasteiger partial charge in [0.1, 0.15) is 0 Å². The summed E-state index contributed by atoms with van der Waals surface area (Å²) in [5, 5.41) is 0. The zero-order valence-electron chi connectivity index (χ0n) is 4.02. The van der Waals surface area contributed by atoms with Gasteiger partial charge in [-0.1, -0.05) is 0 Å². The Morgan fingerprint density at radius 3 is 2.29 bits per heavy atom. The number of carbonyl (C=O) groups is 1. The number of carbonyl (C=O) groups excluding carboxylic acids is 1. The second kappa shape index (κ2) is 3.00. The van der Waals surface area contributed by atoms with E-state index in [0.717, 1.165) is 0 Å². The zero-order chi connectivity index (χ0) is 5.86. The zero-order valence-corrected chi connectivity index (χ0v) is 5.59. The van der Waals surface area contributed by atoms with E-state index in [1.165, 1.54) is 20.8 Å². The van der Waals surface area contributed by atoms with Crippen LogP contribution in [0.3, 0.4) is 0 Å². The molecule has 0 rings (SSSR count). The summed E-state index contributed by atoms with van der Waals surface area (Å²) >= 11 is 1.33. The summed E-state index contributed by atoms with van der Waals surface area (Å²) in [5.41, 5.74) is 0.433. The first-order chi connectivity index (χ1) is 3.18. The average Bonchev–Trinajstić information content (AvgIpc) is 1.65. The number of rotatable bonds is 1. The topological polar surface area (TPSA) is 26.3 Å². The van der Waals surface area contributed by atoms with Crippen LogP contribution < -0.4 is 0 Å². The van der Waals surface area contributed by atoms with Gasteiger partial charge in [0.25, 0.3) is 0 Å². The number of hydrogen-bond donors (Lipinski definition) is 0. The van der Waals surface area contributed by atoms with Crippen molar-refractivity contribution < 1.29 is 28.9 Å². The standard InChI is InChI=1S/C4H6O2.Ti/c1-3(2)4(5)6;/h1H2,2H3,(H,5,6);/q;+1/p-1. The molecule has 0 aliphatic rings. The molecule has 0 saturated heterocycles. The Kier molecular flexibility index (Phi) is 2.96. The van der Waals surface area contributed by atoms with Gasteiger partial charge in [0.2, 0.25) is 0 Å². The molecule has 0 unspecified atom stereocenters. The Morgan fingerprint density at radius 2 is 2.29 bits per heavy atom. The van der Waals surface area contributed by atoms with Gasteiger partial charge in [-0.3, -0.25) is 0 Å². The van der Waals surface area contributed by atoms with Crippen LogP contribution in [0.2, 0.25) is 0 Å². The van der Waals surface area contributed by atoms with E-state index < -0.39 is 0 Å². The van der Waals surface area contributed by atoms with Gasteiger partial charge < -0.3 is 0 Å². The van der Waals surface area contributed by atoms with Crippen molar-refractivity contribution in [1.82, 2.24) is 0 Å². The van der Waals surface area contributed by atoms with Crippen LogP contribution in [0, 0.1) is 0 Å². The first-order valence-electron chi connectivity index (χ1n) is 1.72. The second-order valence-electron chi connectivity index (χ2n) is 1.17. The molecule has 0 N–H and O–H groups in total. The predicted octanol–water partition coefficient (Wildman–Crippen LogP) is 0.567. The van der Waals surface area contributed by atoms with Crippen molar-refractivity contribution >= 4 is 5.97 Å². The molecule has 7 heavy (non-hydrogen) atoms. The van der Waals surface area contributed by atoms with E-state index in [2.05, 4.69) is 9.90 Å². The molecule has 0 aromatic rings. The van der Waals surface area contributed by atoms with Crippen LogP contribution in [0.15, 0.2) is 12.2 Å². The van der Waals surface area contributed by atoms with Gasteiger partial charge in [-0.15, -0.1) is 0 Å². The van der Waals surface area contributed by atoms with Crippen molar-refractivity contribution in [2.75, 3.05) is 0 Å².